The number of esters is 1. The Morgan fingerprint density at radius 3 is 2.75 bits per heavy atom. The second-order valence-corrected chi connectivity index (χ2v) is 9.33. The van der Waals surface area contributed by atoms with Crippen molar-refractivity contribution in [2.24, 2.45) is 22.7 Å². The molecule has 4 aliphatic rings. The molecule has 0 spiro atoms. The molecular weight excluding hydrogens is 352 g/mol. The number of ketones is 1. The summed E-state index contributed by atoms with van der Waals surface area (Å²) in [7, 11) is 0. The van der Waals surface area contributed by atoms with Crippen molar-refractivity contribution < 1.29 is 19.1 Å². The molecule has 0 heterocycles. The fourth-order valence-corrected chi connectivity index (χ4v) is 6.43. The van der Waals surface area contributed by atoms with Crippen molar-refractivity contribution in [3.05, 3.63) is 34.6 Å². The highest BCUT2D eigenvalue weighted by Gasteiger charge is 2.55. The van der Waals surface area contributed by atoms with Gasteiger partial charge in [0.25, 0.3) is 0 Å². The molecule has 0 unspecified atom stereocenters. The van der Waals surface area contributed by atoms with Crippen LogP contribution in [0.15, 0.2) is 34.6 Å². The first-order valence-electron chi connectivity index (χ1n) is 10.7. The largest absolute Gasteiger partial charge is 0.423 e. The molecule has 4 rings (SSSR count). The lowest BCUT2D eigenvalue weighted by Crippen LogP contribution is -2.43. The Bertz CT molecular complexity index is 830. The van der Waals surface area contributed by atoms with Crippen molar-refractivity contribution in [3.63, 3.8) is 0 Å². The molecule has 4 heteroatoms. The molecule has 0 amide bonds. The average molecular weight is 383 g/mol. The van der Waals surface area contributed by atoms with Crippen LogP contribution < -0.4 is 0 Å². The van der Waals surface area contributed by atoms with Crippen molar-refractivity contribution in [2.45, 2.75) is 72.1 Å². The number of hydrogen-bond acceptors (Lipinski definition) is 4. The summed E-state index contributed by atoms with van der Waals surface area (Å²) in [6.07, 6.45) is 11.6. The van der Waals surface area contributed by atoms with E-state index in [-0.39, 0.29) is 34.8 Å². The highest BCUT2D eigenvalue weighted by Crippen LogP contribution is 2.64. The Labute approximate surface area is 167 Å². The minimum absolute atomic E-state index is 0.0206. The van der Waals surface area contributed by atoms with Gasteiger partial charge in [-0.2, -0.15) is 0 Å². The molecule has 28 heavy (non-hydrogen) atoms. The van der Waals surface area contributed by atoms with Crippen LogP contribution in [0.25, 0.3) is 0 Å². The fourth-order valence-electron chi connectivity index (χ4n) is 6.43. The summed E-state index contributed by atoms with van der Waals surface area (Å²) in [5, 5.41) is 0. The van der Waals surface area contributed by atoms with Gasteiger partial charge < -0.3 is 4.74 Å². The summed E-state index contributed by atoms with van der Waals surface area (Å²) in [6.45, 7) is 6.30. The van der Waals surface area contributed by atoms with Crippen molar-refractivity contribution in [1.29, 1.82) is 0 Å². The van der Waals surface area contributed by atoms with Gasteiger partial charge in [-0.25, -0.2) is 0 Å². The van der Waals surface area contributed by atoms with Gasteiger partial charge in [-0.05, 0) is 67.4 Å². The minimum atomic E-state index is -0.347. The number of allylic oxidation sites excluding steroid dienone is 6. The quantitative estimate of drug-likeness (QED) is 0.230. The average Bonchev–Trinajstić information content (AvgIpc) is 3.03. The van der Waals surface area contributed by atoms with Crippen LogP contribution in [-0.2, 0) is 19.1 Å². The molecule has 0 bridgehead atoms. The summed E-state index contributed by atoms with van der Waals surface area (Å²) in [4.78, 5) is 35.5. The van der Waals surface area contributed by atoms with E-state index in [2.05, 4.69) is 19.9 Å². The Morgan fingerprint density at radius 1 is 1.25 bits per heavy atom. The van der Waals surface area contributed by atoms with E-state index in [1.807, 2.05) is 6.08 Å². The smallest absolute Gasteiger partial charge is 0.311 e. The van der Waals surface area contributed by atoms with Crippen molar-refractivity contribution in [2.75, 3.05) is 0 Å². The zero-order chi connectivity index (χ0) is 20.1. The number of fused-ring (bicyclic) bond motifs is 5. The maximum Gasteiger partial charge on any atom is 0.311 e. The van der Waals surface area contributed by atoms with Gasteiger partial charge in [0.2, 0.25) is 0 Å². The van der Waals surface area contributed by atoms with E-state index in [1.54, 1.807) is 6.92 Å². The maximum absolute atomic E-state index is 11.9. The van der Waals surface area contributed by atoms with Gasteiger partial charge in [0.15, 0.2) is 17.8 Å². The standard InChI is InChI=1S/C24H30O4/c1-4-22(27)28-21(14-25)20-8-7-18-17-6-5-15-13-16(26)9-11-23(15,2)19(17)10-12-24(18,20)3/h10,13-14,17-18H,4-9,11-12H2,1-3H3/b21-20-/t17-,18-,23-,24-/m0/s1. The van der Waals surface area contributed by atoms with Crippen LogP contribution in [0.5, 0.6) is 0 Å². The topological polar surface area (TPSA) is 60.4 Å². The SMILES string of the molecule is CCC(=O)O/C(C=O)=C1/CC[C@H]2[C@@H]3CCC4=CC(=O)CC[C@]4(C)C3=CC[C@]12C. The summed E-state index contributed by atoms with van der Waals surface area (Å²) in [6, 6.07) is 0. The van der Waals surface area contributed by atoms with Gasteiger partial charge in [0.1, 0.15) is 0 Å². The predicted molar refractivity (Wildman–Crippen MR) is 106 cm³/mol. The molecule has 0 N–H and O–H groups in total. The molecule has 150 valence electrons. The van der Waals surface area contributed by atoms with Gasteiger partial charge in [0.05, 0.1) is 0 Å². The Kier molecular flexibility index (Phi) is 4.71. The summed E-state index contributed by atoms with van der Waals surface area (Å²) in [5.41, 5.74) is 3.75. The number of aldehydes is 1. The van der Waals surface area contributed by atoms with Crippen LogP contribution in [0, 0.1) is 22.7 Å². The predicted octanol–water partition coefficient (Wildman–Crippen LogP) is 4.84. The van der Waals surface area contributed by atoms with E-state index in [1.165, 1.54) is 11.1 Å². The Balaban J connectivity index is 1.72. The molecule has 2 saturated carbocycles. The zero-order valence-electron chi connectivity index (χ0n) is 17.2. The summed E-state index contributed by atoms with van der Waals surface area (Å²) in [5.74, 6) is 1.13. The van der Waals surface area contributed by atoms with Gasteiger partial charge in [-0.3, -0.25) is 14.4 Å². The third-order valence-corrected chi connectivity index (χ3v) is 8.04. The van der Waals surface area contributed by atoms with E-state index < -0.39 is 0 Å². The van der Waals surface area contributed by atoms with Crippen molar-refractivity contribution >= 4 is 18.0 Å². The number of ether oxygens (including phenoxy) is 1. The number of hydrogen-bond donors (Lipinski definition) is 0. The first-order valence-corrected chi connectivity index (χ1v) is 10.7. The van der Waals surface area contributed by atoms with E-state index in [9.17, 15) is 14.4 Å². The molecule has 4 nitrogen and oxygen atoms in total. The fraction of sp³-hybridized carbons (Fsp3) is 0.625. The highest BCUT2D eigenvalue weighted by molar-refractivity contribution is 5.92. The van der Waals surface area contributed by atoms with Crippen LogP contribution >= 0.6 is 0 Å². The second kappa shape index (κ2) is 6.82. The van der Waals surface area contributed by atoms with E-state index in [0.29, 0.717) is 18.3 Å². The zero-order valence-corrected chi connectivity index (χ0v) is 17.2. The first-order chi connectivity index (χ1) is 13.3. The molecule has 2 fully saturated rings. The van der Waals surface area contributed by atoms with Gasteiger partial charge in [-0.15, -0.1) is 0 Å². The lowest BCUT2D eigenvalue weighted by atomic mass is 9.51. The maximum atomic E-state index is 11.9. The second-order valence-electron chi connectivity index (χ2n) is 9.33. The first kappa shape index (κ1) is 19.4. The molecule has 0 aliphatic heterocycles. The Morgan fingerprint density at radius 2 is 2.04 bits per heavy atom. The summed E-state index contributed by atoms with van der Waals surface area (Å²) < 4.78 is 5.41. The minimum Gasteiger partial charge on any atom is -0.423 e. The van der Waals surface area contributed by atoms with Gasteiger partial charge >= 0.3 is 5.97 Å². The summed E-state index contributed by atoms with van der Waals surface area (Å²) >= 11 is 0. The molecule has 0 aromatic rings. The molecule has 4 atom stereocenters. The van der Waals surface area contributed by atoms with Crippen LogP contribution in [-0.4, -0.2) is 18.0 Å². The lowest BCUT2D eigenvalue weighted by molar-refractivity contribution is -0.140. The van der Waals surface area contributed by atoms with Crippen LogP contribution in [0.1, 0.15) is 72.1 Å². The number of rotatable bonds is 3. The van der Waals surface area contributed by atoms with Crippen LogP contribution in [0.4, 0.5) is 0 Å². The van der Waals surface area contributed by atoms with Gasteiger partial charge in [0, 0.05) is 18.3 Å². The van der Waals surface area contributed by atoms with E-state index >= 15 is 0 Å². The molecule has 0 aromatic carbocycles. The molecule has 0 saturated heterocycles. The third-order valence-electron chi connectivity index (χ3n) is 8.04. The Hall–Kier alpha value is -1.97. The third kappa shape index (κ3) is 2.75. The van der Waals surface area contributed by atoms with Gasteiger partial charge in [-0.1, -0.05) is 38.0 Å². The van der Waals surface area contributed by atoms with Crippen LogP contribution in [0.3, 0.4) is 0 Å². The highest BCUT2D eigenvalue weighted by atomic mass is 16.5. The lowest BCUT2D eigenvalue weighted by Gasteiger charge is -2.52. The molecule has 0 radical (unpaired) electrons. The number of carbonyl (C=O) groups is 3. The van der Waals surface area contributed by atoms with E-state index in [0.717, 1.165) is 50.4 Å². The van der Waals surface area contributed by atoms with E-state index in [4.69, 9.17) is 4.74 Å². The molecule has 4 aliphatic carbocycles. The van der Waals surface area contributed by atoms with Crippen molar-refractivity contribution in [1.82, 2.24) is 0 Å². The number of carbonyl (C=O) groups excluding carboxylic acids is 3. The molecule has 0 aromatic heterocycles. The van der Waals surface area contributed by atoms with Crippen LogP contribution in [0.2, 0.25) is 0 Å². The normalized spacial score (nSPS) is 38.5. The van der Waals surface area contributed by atoms with Crippen molar-refractivity contribution in [3.8, 4) is 0 Å². The monoisotopic (exact) mass is 382 g/mol. The molecular formula is C24H30O4.